The number of alkyl halides is 3. The van der Waals surface area contributed by atoms with Gasteiger partial charge in [-0.3, -0.25) is 4.79 Å². The van der Waals surface area contributed by atoms with Gasteiger partial charge in [-0.25, -0.2) is 4.72 Å². The Morgan fingerprint density at radius 2 is 1.41 bits per heavy atom. The molecule has 0 aromatic rings. The summed E-state index contributed by atoms with van der Waals surface area (Å²) in [6, 6.07) is 0. The molecule has 0 aliphatic heterocycles. The van der Waals surface area contributed by atoms with Crippen molar-refractivity contribution in [2.75, 3.05) is 0 Å². The largest absolute Gasteiger partial charge is 0.516 e. The fourth-order valence-electron chi connectivity index (χ4n) is 1.89. The molecule has 1 amide bonds. The van der Waals surface area contributed by atoms with Gasteiger partial charge < -0.3 is 0 Å². The topological polar surface area (TPSA) is 63.2 Å². The first-order valence-electron chi connectivity index (χ1n) is 7.43. The van der Waals surface area contributed by atoms with Crippen molar-refractivity contribution >= 4 is 15.9 Å². The molecule has 0 aromatic heterocycles. The van der Waals surface area contributed by atoms with E-state index in [1.165, 1.54) is 0 Å². The van der Waals surface area contributed by atoms with Crippen LogP contribution < -0.4 is 4.72 Å². The highest BCUT2D eigenvalue weighted by atomic mass is 32.2. The maximum Gasteiger partial charge on any atom is 0.516 e. The van der Waals surface area contributed by atoms with E-state index in [1.807, 2.05) is 6.08 Å². The minimum atomic E-state index is -5.57. The van der Waals surface area contributed by atoms with Crippen LogP contribution in [0.25, 0.3) is 0 Å². The van der Waals surface area contributed by atoms with Crippen LogP contribution in [0.4, 0.5) is 13.2 Å². The Labute approximate surface area is 130 Å². The second-order valence-corrected chi connectivity index (χ2v) is 6.80. The molecule has 0 saturated heterocycles. The maximum atomic E-state index is 12.0. The highest BCUT2D eigenvalue weighted by Crippen LogP contribution is 2.21. The highest BCUT2D eigenvalue weighted by Gasteiger charge is 2.46. The number of halogens is 3. The zero-order chi connectivity index (χ0) is 17.1. The molecule has 0 aliphatic carbocycles. The van der Waals surface area contributed by atoms with Crippen LogP contribution in [0.15, 0.2) is 12.7 Å². The van der Waals surface area contributed by atoms with Gasteiger partial charge in [0.15, 0.2) is 0 Å². The smallest absolute Gasteiger partial charge is 0.274 e. The molecule has 0 aromatic carbocycles. The van der Waals surface area contributed by atoms with Gasteiger partial charge in [0.05, 0.1) is 0 Å². The maximum absolute atomic E-state index is 12.0. The number of amides is 1. The number of allylic oxidation sites excluding steroid dienone is 1. The van der Waals surface area contributed by atoms with E-state index in [0.717, 1.165) is 49.7 Å². The number of unbranched alkanes of at least 4 members (excludes halogenated alkanes) is 8. The van der Waals surface area contributed by atoms with Crippen molar-refractivity contribution in [3.63, 3.8) is 0 Å². The molecule has 0 fully saturated rings. The molecule has 0 spiro atoms. The standard InChI is InChI=1S/C14H24F3NO3S/c1-2-3-4-5-6-7-8-9-10-11-12-13(19)18-22(20,21)14(15,16)17/h2H,1,3-12H2,(H,18,19). The molecule has 22 heavy (non-hydrogen) atoms. The molecule has 0 radical (unpaired) electrons. The third kappa shape index (κ3) is 9.81. The van der Waals surface area contributed by atoms with Crippen LogP contribution in [-0.2, 0) is 14.8 Å². The zero-order valence-electron chi connectivity index (χ0n) is 12.6. The predicted octanol–water partition coefficient (Wildman–Crippen LogP) is 4.04. The molecule has 0 rings (SSSR count). The van der Waals surface area contributed by atoms with Gasteiger partial charge in [0.25, 0.3) is 0 Å². The van der Waals surface area contributed by atoms with E-state index in [2.05, 4.69) is 6.58 Å². The summed E-state index contributed by atoms with van der Waals surface area (Å²) in [5, 5.41) is 0. The first-order valence-corrected chi connectivity index (χ1v) is 8.92. The van der Waals surface area contributed by atoms with Gasteiger partial charge >= 0.3 is 15.5 Å². The SMILES string of the molecule is C=CCCCCCCCCCCC(=O)NS(=O)(=O)C(F)(F)F. The van der Waals surface area contributed by atoms with Crippen molar-refractivity contribution in [3.8, 4) is 0 Å². The van der Waals surface area contributed by atoms with Gasteiger partial charge in [0.2, 0.25) is 5.91 Å². The summed E-state index contributed by atoms with van der Waals surface area (Å²) in [4.78, 5) is 11.1. The van der Waals surface area contributed by atoms with E-state index in [-0.39, 0.29) is 6.42 Å². The first kappa shape index (κ1) is 20.9. The summed E-state index contributed by atoms with van der Waals surface area (Å²) in [5.74, 6) is -1.11. The lowest BCUT2D eigenvalue weighted by molar-refractivity contribution is -0.120. The molecule has 1 N–H and O–H groups in total. The summed E-state index contributed by atoms with van der Waals surface area (Å²) >= 11 is 0. The summed E-state index contributed by atoms with van der Waals surface area (Å²) in [6.45, 7) is 3.65. The second-order valence-electron chi connectivity index (χ2n) is 5.13. The van der Waals surface area contributed by atoms with Gasteiger partial charge in [-0.05, 0) is 19.3 Å². The fraction of sp³-hybridized carbons (Fsp3) is 0.786. The minimum Gasteiger partial charge on any atom is -0.274 e. The zero-order valence-corrected chi connectivity index (χ0v) is 13.4. The van der Waals surface area contributed by atoms with Crippen LogP contribution >= 0.6 is 0 Å². The quantitative estimate of drug-likeness (QED) is 0.430. The van der Waals surface area contributed by atoms with Crippen molar-refractivity contribution in [2.24, 2.45) is 0 Å². The number of carbonyl (C=O) groups excluding carboxylic acids is 1. The van der Waals surface area contributed by atoms with Crippen molar-refractivity contribution < 1.29 is 26.4 Å². The van der Waals surface area contributed by atoms with Gasteiger partial charge in [-0.15, -0.1) is 6.58 Å². The molecule has 0 bridgehead atoms. The average molecular weight is 343 g/mol. The van der Waals surface area contributed by atoms with Crippen molar-refractivity contribution in [1.29, 1.82) is 0 Å². The lowest BCUT2D eigenvalue weighted by Crippen LogP contribution is -2.40. The Bertz CT molecular complexity index is 433. The molecule has 130 valence electrons. The van der Waals surface area contributed by atoms with E-state index in [9.17, 15) is 26.4 Å². The Balaban J connectivity index is 3.60. The Morgan fingerprint density at radius 3 is 1.86 bits per heavy atom. The molecule has 0 atom stereocenters. The van der Waals surface area contributed by atoms with Crippen LogP contribution in [-0.4, -0.2) is 19.8 Å². The number of hydrogen-bond donors (Lipinski definition) is 1. The average Bonchev–Trinajstić information content (AvgIpc) is 2.39. The van der Waals surface area contributed by atoms with Crippen molar-refractivity contribution in [1.82, 2.24) is 4.72 Å². The molecule has 0 unspecified atom stereocenters. The Hall–Kier alpha value is -1.05. The number of nitrogens with one attached hydrogen (secondary N) is 1. The van der Waals surface area contributed by atoms with Crippen LogP contribution in [0.2, 0.25) is 0 Å². The van der Waals surface area contributed by atoms with E-state index in [4.69, 9.17) is 0 Å². The molecule has 0 heterocycles. The normalized spacial score (nSPS) is 12.1. The van der Waals surface area contributed by atoms with E-state index in [0.29, 0.717) is 12.8 Å². The van der Waals surface area contributed by atoms with Crippen molar-refractivity contribution in [2.45, 2.75) is 69.7 Å². The van der Waals surface area contributed by atoms with E-state index < -0.39 is 21.4 Å². The molecule has 8 heteroatoms. The van der Waals surface area contributed by atoms with Crippen LogP contribution in [0.1, 0.15) is 64.2 Å². The number of sulfonamides is 1. The lowest BCUT2D eigenvalue weighted by atomic mass is 10.1. The highest BCUT2D eigenvalue weighted by molar-refractivity contribution is 7.90. The molecular formula is C14H24F3NO3S. The van der Waals surface area contributed by atoms with Crippen molar-refractivity contribution in [3.05, 3.63) is 12.7 Å². The van der Waals surface area contributed by atoms with E-state index in [1.54, 1.807) is 0 Å². The Morgan fingerprint density at radius 1 is 0.955 bits per heavy atom. The number of hydrogen-bond acceptors (Lipinski definition) is 3. The molecule has 0 aliphatic rings. The number of carbonyl (C=O) groups is 1. The summed E-state index contributed by atoms with van der Waals surface area (Å²) in [5.41, 5.74) is -5.45. The monoisotopic (exact) mass is 343 g/mol. The van der Waals surface area contributed by atoms with Crippen LogP contribution in [0.5, 0.6) is 0 Å². The van der Waals surface area contributed by atoms with Crippen LogP contribution in [0.3, 0.4) is 0 Å². The summed E-state index contributed by atoms with van der Waals surface area (Å²) < 4.78 is 58.5. The van der Waals surface area contributed by atoms with Gasteiger partial charge in [0, 0.05) is 6.42 Å². The summed E-state index contributed by atoms with van der Waals surface area (Å²) in [6.07, 6.45) is 10.2. The third-order valence-corrected chi connectivity index (χ3v) is 4.22. The first-order chi connectivity index (χ1) is 10.2. The van der Waals surface area contributed by atoms with Gasteiger partial charge in [-0.2, -0.15) is 21.6 Å². The minimum absolute atomic E-state index is 0.214. The van der Waals surface area contributed by atoms with E-state index >= 15 is 0 Å². The Kier molecular flexibility index (Phi) is 10.1. The summed E-state index contributed by atoms with van der Waals surface area (Å²) in [7, 11) is -5.57. The molecule has 4 nitrogen and oxygen atoms in total. The lowest BCUT2D eigenvalue weighted by Gasteiger charge is -2.09. The second kappa shape index (κ2) is 10.6. The molecular weight excluding hydrogens is 319 g/mol. The molecule has 0 saturated carbocycles. The third-order valence-electron chi connectivity index (χ3n) is 3.11. The predicted molar refractivity (Wildman–Crippen MR) is 79.5 cm³/mol. The van der Waals surface area contributed by atoms with Crippen LogP contribution in [0, 0.1) is 0 Å². The van der Waals surface area contributed by atoms with Gasteiger partial charge in [0.1, 0.15) is 0 Å². The fourth-order valence-corrected chi connectivity index (χ4v) is 2.41. The van der Waals surface area contributed by atoms with Gasteiger partial charge in [-0.1, -0.05) is 44.6 Å². The number of rotatable bonds is 12.